The van der Waals surface area contributed by atoms with Crippen molar-refractivity contribution in [2.45, 2.75) is 24.8 Å². The number of halogens is 3. The van der Waals surface area contributed by atoms with E-state index in [1.807, 2.05) is 0 Å². The van der Waals surface area contributed by atoms with E-state index in [2.05, 4.69) is 27.8 Å². The second-order valence-electron chi connectivity index (χ2n) is 8.56. The molecule has 166 valence electrons. The molecule has 3 fully saturated rings. The van der Waals surface area contributed by atoms with Crippen LogP contribution in [0.3, 0.4) is 0 Å². The Morgan fingerprint density at radius 3 is 2.29 bits per heavy atom. The van der Waals surface area contributed by atoms with Crippen molar-refractivity contribution in [2.75, 3.05) is 20.1 Å². The first-order chi connectivity index (χ1) is 14.5. The Morgan fingerprint density at radius 1 is 1.10 bits per heavy atom. The van der Waals surface area contributed by atoms with E-state index in [1.165, 1.54) is 23.1 Å². The highest BCUT2D eigenvalue weighted by atomic mass is 127. The molecule has 3 aliphatic carbocycles. The predicted octanol–water partition coefficient (Wildman–Crippen LogP) is 2.41. The van der Waals surface area contributed by atoms with E-state index in [4.69, 9.17) is 0 Å². The van der Waals surface area contributed by atoms with Crippen LogP contribution in [0.25, 0.3) is 0 Å². The van der Waals surface area contributed by atoms with Crippen molar-refractivity contribution in [3.05, 3.63) is 47.5 Å². The zero-order chi connectivity index (χ0) is 21.0. The average Bonchev–Trinajstić information content (AvgIpc) is 3.06. The molecule has 2 amide bonds. The number of rotatable bonds is 5. The minimum atomic E-state index is -0.535. The maximum atomic E-state index is 14.0. The van der Waals surface area contributed by atoms with E-state index < -0.39 is 11.6 Å². The van der Waals surface area contributed by atoms with Crippen LogP contribution in [0.5, 0.6) is 0 Å². The summed E-state index contributed by atoms with van der Waals surface area (Å²) in [5.74, 6) is -0.925. The molecule has 1 aromatic rings. The van der Waals surface area contributed by atoms with Crippen LogP contribution in [0, 0.1) is 35.3 Å². The third-order valence-corrected chi connectivity index (χ3v) is 6.90. The Morgan fingerprint density at radius 2 is 1.71 bits per heavy atom. The molecule has 2 bridgehead atoms. The van der Waals surface area contributed by atoms with Crippen LogP contribution in [0.4, 0.5) is 8.78 Å². The van der Waals surface area contributed by atoms with Crippen molar-refractivity contribution < 1.29 is 18.4 Å². The van der Waals surface area contributed by atoms with Crippen LogP contribution in [0.1, 0.15) is 24.3 Å². The summed E-state index contributed by atoms with van der Waals surface area (Å²) in [5.41, 5.74) is 0.105. The first-order valence-electron chi connectivity index (χ1n) is 10.4. The lowest BCUT2D eigenvalue weighted by atomic mass is 9.85. The molecule has 0 aromatic heterocycles. The monoisotopic (exact) mass is 542 g/mol. The number of hydrogen-bond donors (Lipinski definition) is 2. The molecule has 31 heavy (non-hydrogen) atoms. The summed E-state index contributed by atoms with van der Waals surface area (Å²) in [4.78, 5) is 30.9. The van der Waals surface area contributed by atoms with E-state index in [1.54, 1.807) is 7.05 Å². The summed E-state index contributed by atoms with van der Waals surface area (Å²) in [5, 5.41) is 6.27. The molecule has 5 rings (SSSR count). The number of fused-ring (bicyclic) bond motifs is 5. The summed E-state index contributed by atoms with van der Waals surface area (Å²) < 4.78 is 27.9. The number of nitrogens with one attached hydrogen (secondary N) is 2. The molecule has 1 heterocycles. The topological polar surface area (TPSA) is 73.8 Å². The molecular formula is C22H25F2IN4O2. The molecule has 0 spiro atoms. The van der Waals surface area contributed by atoms with Gasteiger partial charge in [-0.25, -0.2) is 8.78 Å². The highest BCUT2D eigenvalue weighted by Gasteiger charge is 2.59. The zero-order valence-electron chi connectivity index (χ0n) is 17.1. The van der Waals surface area contributed by atoms with Gasteiger partial charge >= 0.3 is 0 Å². The minimum absolute atomic E-state index is 0. The van der Waals surface area contributed by atoms with Crippen molar-refractivity contribution in [3.8, 4) is 0 Å². The van der Waals surface area contributed by atoms with Gasteiger partial charge in [-0.3, -0.25) is 19.5 Å². The normalized spacial score (nSPS) is 32.9. The number of aliphatic imine (C=N–C) groups is 1. The van der Waals surface area contributed by atoms with Gasteiger partial charge in [-0.05, 0) is 36.8 Å². The average molecular weight is 542 g/mol. The van der Waals surface area contributed by atoms with Gasteiger partial charge in [0.15, 0.2) is 5.96 Å². The van der Waals surface area contributed by atoms with Gasteiger partial charge in [0.2, 0.25) is 11.8 Å². The van der Waals surface area contributed by atoms with Gasteiger partial charge in [0.25, 0.3) is 0 Å². The molecule has 1 aromatic carbocycles. The minimum Gasteiger partial charge on any atom is -0.355 e. The largest absolute Gasteiger partial charge is 0.355 e. The Bertz CT molecular complexity index is 919. The van der Waals surface area contributed by atoms with Gasteiger partial charge in [-0.15, -0.1) is 24.0 Å². The molecule has 2 N–H and O–H groups in total. The lowest BCUT2D eigenvalue weighted by Gasteiger charge is -2.18. The second kappa shape index (κ2) is 8.48. The van der Waals surface area contributed by atoms with Crippen LogP contribution >= 0.6 is 24.0 Å². The number of carbonyl (C=O) groups is 2. The second-order valence-corrected chi connectivity index (χ2v) is 8.56. The molecular weight excluding hydrogens is 517 g/mol. The fourth-order valence-corrected chi connectivity index (χ4v) is 5.38. The Labute approximate surface area is 196 Å². The number of allylic oxidation sites excluding steroid dienone is 2. The fraction of sp³-hybridized carbons (Fsp3) is 0.500. The molecule has 6 unspecified atom stereocenters. The molecule has 4 aliphatic rings. The van der Waals surface area contributed by atoms with Crippen LogP contribution < -0.4 is 10.6 Å². The van der Waals surface area contributed by atoms with E-state index in [-0.39, 0.29) is 83.5 Å². The summed E-state index contributed by atoms with van der Waals surface area (Å²) in [7, 11) is 1.61. The third-order valence-electron chi connectivity index (χ3n) is 6.90. The molecule has 1 saturated heterocycles. The number of carbonyl (C=O) groups excluding carboxylic acids is 2. The number of imide groups is 1. The maximum Gasteiger partial charge on any atom is 0.233 e. The Kier molecular flexibility index (Phi) is 6.06. The molecule has 9 heteroatoms. The quantitative estimate of drug-likeness (QED) is 0.197. The van der Waals surface area contributed by atoms with E-state index >= 15 is 0 Å². The smallest absolute Gasteiger partial charge is 0.233 e. The number of hydrogen-bond acceptors (Lipinski definition) is 3. The SMILES string of the molecule is CN=C(NCCN1C(=O)C2C3C=CC(C3)C2C1=O)NC1CC1c1c(F)cccc1F.I. The molecule has 6 atom stereocenters. The van der Waals surface area contributed by atoms with Gasteiger partial charge in [-0.1, -0.05) is 18.2 Å². The molecule has 1 aliphatic heterocycles. The fourth-order valence-electron chi connectivity index (χ4n) is 5.38. The lowest BCUT2D eigenvalue weighted by molar-refractivity contribution is -0.140. The highest BCUT2D eigenvalue weighted by molar-refractivity contribution is 14.0. The van der Waals surface area contributed by atoms with Crippen molar-refractivity contribution >= 4 is 41.8 Å². The van der Waals surface area contributed by atoms with Gasteiger partial charge in [0, 0.05) is 37.7 Å². The highest BCUT2D eigenvalue weighted by Crippen LogP contribution is 2.52. The van der Waals surface area contributed by atoms with Gasteiger partial charge in [-0.2, -0.15) is 0 Å². The Hall–Kier alpha value is -2.04. The van der Waals surface area contributed by atoms with Crippen LogP contribution in [0.2, 0.25) is 0 Å². The van der Waals surface area contributed by atoms with E-state index in [0.29, 0.717) is 18.9 Å². The van der Waals surface area contributed by atoms with E-state index in [0.717, 1.165) is 6.42 Å². The number of nitrogens with zero attached hydrogens (tertiary/aromatic N) is 2. The standard InChI is InChI=1S/C22H24F2N4O2.HI/c1-25-22(27-16-10-13(16)19-14(23)3-2-4-15(19)24)26-7-8-28-20(29)17-11-5-6-12(9-11)18(17)21(28)30;/h2-6,11-13,16-18H,7-10H2,1H3,(H2,25,26,27);1H. The van der Waals surface area contributed by atoms with Crippen LogP contribution in [0.15, 0.2) is 35.3 Å². The Balaban J connectivity index is 0.00000231. The van der Waals surface area contributed by atoms with Gasteiger partial charge < -0.3 is 10.6 Å². The van der Waals surface area contributed by atoms with Crippen LogP contribution in [-0.2, 0) is 9.59 Å². The summed E-state index contributed by atoms with van der Waals surface area (Å²) >= 11 is 0. The van der Waals surface area contributed by atoms with Crippen molar-refractivity contribution in [1.29, 1.82) is 0 Å². The van der Waals surface area contributed by atoms with Gasteiger partial charge in [0.05, 0.1) is 11.8 Å². The number of guanidine groups is 1. The zero-order valence-corrected chi connectivity index (χ0v) is 19.4. The summed E-state index contributed by atoms with van der Waals surface area (Å²) in [6.07, 6.45) is 5.69. The number of amides is 2. The van der Waals surface area contributed by atoms with Crippen LogP contribution in [-0.4, -0.2) is 48.9 Å². The third kappa shape index (κ3) is 3.74. The van der Waals surface area contributed by atoms with Crippen molar-refractivity contribution in [3.63, 3.8) is 0 Å². The first-order valence-corrected chi connectivity index (χ1v) is 10.4. The summed E-state index contributed by atoms with van der Waals surface area (Å²) in [6, 6.07) is 3.78. The predicted molar refractivity (Wildman–Crippen MR) is 122 cm³/mol. The number of likely N-dealkylation sites (tertiary alicyclic amines) is 1. The molecule has 0 radical (unpaired) electrons. The molecule has 6 nitrogen and oxygen atoms in total. The van der Waals surface area contributed by atoms with Crippen molar-refractivity contribution in [2.24, 2.45) is 28.7 Å². The lowest BCUT2D eigenvalue weighted by Crippen LogP contribution is -2.44. The number of benzene rings is 1. The first kappa shape index (κ1) is 22.2. The van der Waals surface area contributed by atoms with Gasteiger partial charge in [0.1, 0.15) is 11.6 Å². The maximum absolute atomic E-state index is 14.0. The van der Waals surface area contributed by atoms with E-state index in [9.17, 15) is 18.4 Å². The van der Waals surface area contributed by atoms with Crippen molar-refractivity contribution in [1.82, 2.24) is 15.5 Å². The molecule has 2 saturated carbocycles. The summed E-state index contributed by atoms with van der Waals surface area (Å²) in [6.45, 7) is 0.644.